The van der Waals surface area contributed by atoms with Crippen LogP contribution >= 0.6 is 0 Å². The molecule has 1 nitrogen and oxygen atoms in total. The third kappa shape index (κ3) is 3.32. The largest absolute Gasteiger partial charge is 0.288 e. The lowest BCUT2D eigenvalue weighted by Crippen LogP contribution is -2.05. The van der Waals surface area contributed by atoms with E-state index in [9.17, 15) is 9.18 Å². The van der Waals surface area contributed by atoms with Crippen molar-refractivity contribution in [2.24, 2.45) is 0 Å². The zero-order valence-corrected chi connectivity index (χ0v) is 11.9. The molecule has 0 heterocycles. The molecule has 0 spiro atoms. The molecule has 0 aliphatic heterocycles. The van der Waals surface area contributed by atoms with Crippen molar-refractivity contribution in [3.8, 4) is 0 Å². The number of halogens is 1. The van der Waals surface area contributed by atoms with Crippen molar-refractivity contribution in [3.63, 3.8) is 0 Å². The van der Waals surface area contributed by atoms with Crippen LogP contribution in [-0.4, -0.2) is 5.78 Å². The molecule has 0 radical (unpaired) electrons. The molecule has 0 fully saturated rings. The highest BCUT2D eigenvalue weighted by Crippen LogP contribution is 2.16. The van der Waals surface area contributed by atoms with Crippen LogP contribution in [0, 0.1) is 12.7 Å². The lowest BCUT2D eigenvalue weighted by molar-refractivity contribution is 0.103. The normalized spacial score (nSPS) is 10.6. The lowest BCUT2D eigenvalue weighted by atomic mass is 9.99. The van der Waals surface area contributed by atoms with Gasteiger partial charge < -0.3 is 0 Å². The van der Waals surface area contributed by atoms with Gasteiger partial charge >= 0.3 is 0 Å². The van der Waals surface area contributed by atoms with Crippen molar-refractivity contribution >= 4 is 5.78 Å². The van der Waals surface area contributed by atoms with E-state index in [0.717, 1.165) is 24.8 Å². The molecule has 0 aromatic heterocycles. The topological polar surface area (TPSA) is 17.1 Å². The first-order chi connectivity index (χ1) is 9.61. The predicted molar refractivity (Wildman–Crippen MR) is 79.6 cm³/mol. The van der Waals surface area contributed by atoms with Gasteiger partial charge in [0.05, 0.1) is 5.56 Å². The van der Waals surface area contributed by atoms with E-state index in [-0.39, 0.29) is 11.3 Å². The van der Waals surface area contributed by atoms with Gasteiger partial charge in [0.25, 0.3) is 0 Å². The fourth-order valence-electron chi connectivity index (χ4n) is 2.17. The maximum absolute atomic E-state index is 13.7. The van der Waals surface area contributed by atoms with E-state index in [1.165, 1.54) is 11.6 Å². The van der Waals surface area contributed by atoms with E-state index >= 15 is 0 Å². The second-order valence-electron chi connectivity index (χ2n) is 5.11. The summed E-state index contributed by atoms with van der Waals surface area (Å²) in [6.45, 7) is 4.00. The molecule has 104 valence electrons. The molecule has 0 aliphatic rings. The van der Waals surface area contributed by atoms with E-state index in [4.69, 9.17) is 0 Å². The Morgan fingerprint density at radius 2 is 1.80 bits per heavy atom. The average molecular weight is 270 g/mol. The Balaban J connectivity index is 2.22. The first kappa shape index (κ1) is 14.4. The number of benzene rings is 2. The number of rotatable bonds is 5. The van der Waals surface area contributed by atoms with Crippen LogP contribution in [0.3, 0.4) is 0 Å². The van der Waals surface area contributed by atoms with Crippen LogP contribution in [0.15, 0.2) is 42.5 Å². The molecule has 2 aromatic carbocycles. The molecule has 0 saturated carbocycles. The number of ketones is 1. The predicted octanol–water partition coefficient (Wildman–Crippen LogP) is 4.71. The summed E-state index contributed by atoms with van der Waals surface area (Å²) < 4.78 is 13.7. The van der Waals surface area contributed by atoms with E-state index in [2.05, 4.69) is 6.92 Å². The van der Waals surface area contributed by atoms with Gasteiger partial charge in [0, 0.05) is 5.56 Å². The minimum atomic E-state index is -0.462. The first-order valence-electron chi connectivity index (χ1n) is 7.01. The van der Waals surface area contributed by atoms with Gasteiger partial charge in [-0.25, -0.2) is 4.39 Å². The van der Waals surface area contributed by atoms with Gasteiger partial charge in [-0.2, -0.15) is 0 Å². The highest BCUT2D eigenvalue weighted by Gasteiger charge is 2.13. The van der Waals surface area contributed by atoms with Gasteiger partial charge in [0.2, 0.25) is 0 Å². The average Bonchev–Trinajstić information content (AvgIpc) is 2.47. The maximum Gasteiger partial charge on any atom is 0.195 e. The molecule has 2 rings (SSSR count). The third-order valence-electron chi connectivity index (χ3n) is 3.40. The lowest BCUT2D eigenvalue weighted by Gasteiger charge is -2.05. The van der Waals surface area contributed by atoms with Crippen molar-refractivity contribution in [2.75, 3.05) is 0 Å². The Hall–Kier alpha value is -1.96. The van der Waals surface area contributed by atoms with Gasteiger partial charge in [-0.1, -0.05) is 49.2 Å². The van der Waals surface area contributed by atoms with Crippen molar-refractivity contribution < 1.29 is 9.18 Å². The molecule has 0 unspecified atom stereocenters. The van der Waals surface area contributed by atoms with Crippen LogP contribution in [0.2, 0.25) is 0 Å². The Labute approximate surface area is 119 Å². The monoisotopic (exact) mass is 270 g/mol. The maximum atomic E-state index is 13.7. The first-order valence-corrected chi connectivity index (χ1v) is 7.01. The molecular weight excluding hydrogens is 251 g/mol. The fourth-order valence-corrected chi connectivity index (χ4v) is 2.17. The van der Waals surface area contributed by atoms with Crippen molar-refractivity contribution in [2.45, 2.75) is 33.1 Å². The minimum Gasteiger partial charge on any atom is -0.288 e. The fraction of sp³-hybridized carbons (Fsp3) is 0.278. The molecular formula is C18H19FO. The Kier molecular flexibility index (Phi) is 4.67. The highest BCUT2D eigenvalue weighted by molar-refractivity contribution is 6.09. The Bertz CT molecular complexity index is 599. The van der Waals surface area contributed by atoms with Crippen LogP contribution in [0.1, 0.15) is 46.8 Å². The number of hydrogen-bond acceptors (Lipinski definition) is 1. The number of aryl methyl sites for hydroxylation is 2. The molecule has 20 heavy (non-hydrogen) atoms. The summed E-state index contributed by atoms with van der Waals surface area (Å²) in [6.07, 6.45) is 3.30. The second kappa shape index (κ2) is 6.47. The number of unbranched alkanes of at least 4 members (excludes halogenated alkanes) is 1. The summed E-state index contributed by atoms with van der Waals surface area (Å²) in [6, 6.07) is 12.1. The third-order valence-corrected chi connectivity index (χ3v) is 3.40. The summed E-state index contributed by atoms with van der Waals surface area (Å²) in [5.41, 5.74) is 2.78. The molecule has 0 aliphatic carbocycles. The summed E-state index contributed by atoms with van der Waals surface area (Å²) in [4.78, 5) is 12.3. The van der Waals surface area contributed by atoms with Gasteiger partial charge in [-0.15, -0.1) is 0 Å². The van der Waals surface area contributed by atoms with Gasteiger partial charge in [0.1, 0.15) is 5.82 Å². The molecule has 0 amide bonds. The summed E-state index contributed by atoms with van der Waals surface area (Å²) in [5.74, 6) is -0.719. The number of carbonyl (C=O) groups is 1. The number of hydrogen-bond donors (Lipinski definition) is 0. The minimum absolute atomic E-state index is 0.145. The van der Waals surface area contributed by atoms with Gasteiger partial charge in [-0.3, -0.25) is 4.79 Å². The number of carbonyl (C=O) groups excluding carboxylic acids is 1. The van der Waals surface area contributed by atoms with Crippen molar-refractivity contribution in [1.82, 2.24) is 0 Å². The Morgan fingerprint density at radius 1 is 1.10 bits per heavy atom. The Morgan fingerprint density at radius 3 is 2.45 bits per heavy atom. The quantitative estimate of drug-likeness (QED) is 0.719. The summed E-state index contributed by atoms with van der Waals surface area (Å²) in [7, 11) is 0. The van der Waals surface area contributed by atoms with E-state index in [0.29, 0.717) is 5.56 Å². The van der Waals surface area contributed by atoms with E-state index in [1.807, 2.05) is 19.1 Å². The van der Waals surface area contributed by atoms with Crippen molar-refractivity contribution in [3.05, 3.63) is 70.5 Å². The van der Waals surface area contributed by atoms with Crippen LogP contribution in [-0.2, 0) is 6.42 Å². The molecule has 0 N–H and O–H groups in total. The zero-order chi connectivity index (χ0) is 14.5. The van der Waals surface area contributed by atoms with Gasteiger partial charge in [0.15, 0.2) is 5.78 Å². The SMILES string of the molecule is CCCCc1ccc(C(=O)c2cc(C)ccc2F)cc1. The van der Waals surface area contributed by atoms with Crippen LogP contribution < -0.4 is 0 Å². The van der Waals surface area contributed by atoms with E-state index in [1.54, 1.807) is 24.3 Å². The molecule has 2 aromatic rings. The van der Waals surface area contributed by atoms with Crippen molar-refractivity contribution in [1.29, 1.82) is 0 Å². The summed E-state index contributed by atoms with van der Waals surface area (Å²) in [5, 5.41) is 0. The molecule has 0 atom stereocenters. The zero-order valence-electron chi connectivity index (χ0n) is 11.9. The standard InChI is InChI=1S/C18H19FO/c1-3-4-5-14-7-9-15(10-8-14)18(20)16-12-13(2)6-11-17(16)19/h6-12H,3-5H2,1-2H3. The molecule has 0 bridgehead atoms. The smallest absolute Gasteiger partial charge is 0.195 e. The van der Waals surface area contributed by atoms with E-state index < -0.39 is 5.82 Å². The van der Waals surface area contributed by atoms with Gasteiger partial charge in [-0.05, 0) is 37.5 Å². The summed E-state index contributed by atoms with van der Waals surface area (Å²) >= 11 is 0. The molecule has 0 saturated heterocycles. The van der Waals surface area contributed by atoms with Crippen LogP contribution in [0.25, 0.3) is 0 Å². The van der Waals surface area contributed by atoms with Crippen LogP contribution in [0.4, 0.5) is 4.39 Å². The van der Waals surface area contributed by atoms with Crippen LogP contribution in [0.5, 0.6) is 0 Å². The second-order valence-corrected chi connectivity index (χ2v) is 5.11. The highest BCUT2D eigenvalue weighted by atomic mass is 19.1. The molecule has 2 heteroatoms.